The minimum absolute atomic E-state index is 0.0967. The van der Waals surface area contributed by atoms with Gasteiger partial charge in [-0.05, 0) is 24.6 Å². The summed E-state index contributed by atoms with van der Waals surface area (Å²) < 4.78 is 13.5. The van der Waals surface area contributed by atoms with E-state index in [0.29, 0.717) is 10.4 Å². The topological polar surface area (TPSA) is 71.1 Å². The molecule has 1 aromatic heterocycles. The van der Waals surface area contributed by atoms with Crippen molar-refractivity contribution in [1.29, 1.82) is 0 Å². The molecule has 25 heavy (non-hydrogen) atoms. The highest BCUT2D eigenvalue weighted by Gasteiger charge is 2.20. The van der Waals surface area contributed by atoms with Gasteiger partial charge in [-0.25, -0.2) is 9.37 Å². The van der Waals surface area contributed by atoms with Crippen LogP contribution in [0, 0.1) is 12.7 Å². The summed E-state index contributed by atoms with van der Waals surface area (Å²) >= 11 is 1.36. The molecule has 0 aliphatic carbocycles. The fourth-order valence-electron chi connectivity index (χ4n) is 2.00. The van der Waals surface area contributed by atoms with Gasteiger partial charge in [0.25, 0.3) is 11.8 Å². The van der Waals surface area contributed by atoms with Crippen molar-refractivity contribution in [3.8, 4) is 0 Å². The SMILES string of the molecule is Cc1ccc(C(=O)NCCNC(=O)c2cnc(C(C)(C)C)s2)cc1F. The maximum Gasteiger partial charge on any atom is 0.263 e. The zero-order chi connectivity index (χ0) is 18.6. The molecular weight excluding hydrogens is 341 g/mol. The third kappa shape index (κ3) is 5.09. The smallest absolute Gasteiger partial charge is 0.263 e. The van der Waals surface area contributed by atoms with Crippen LogP contribution in [-0.4, -0.2) is 29.9 Å². The van der Waals surface area contributed by atoms with E-state index in [2.05, 4.69) is 15.6 Å². The fourth-order valence-corrected chi connectivity index (χ4v) is 2.89. The second-order valence-electron chi connectivity index (χ2n) is 6.76. The summed E-state index contributed by atoms with van der Waals surface area (Å²) in [5, 5.41) is 6.28. The molecule has 2 amide bonds. The lowest BCUT2D eigenvalue weighted by molar-refractivity contribution is 0.0929. The van der Waals surface area contributed by atoms with Crippen LogP contribution in [-0.2, 0) is 5.41 Å². The number of halogens is 1. The van der Waals surface area contributed by atoms with Crippen LogP contribution in [0.4, 0.5) is 4.39 Å². The first-order valence-electron chi connectivity index (χ1n) is 7.97. The van der Waals surface area contributed by atoms with Crippen molar-refractivity contribution in [2.75, 3.05) is 13.1 Å². The summed E-state index contributed by atoms with van der Waals surface area (Å²) in [4.78, 5) is 28.8. The number of benzene rings is 1. The fraction of sp³-hybridized carbons (Fsp3) is 0.389. The van der Waals surface area contributed by atoms with Crippen molar-refractivity contribution < 1.29 is 14.0 Å². The van der Waals surface area contributed by atoms with Crippen LogP contribution >= 0.6 is 11.3 Å². The number of aromatic nitrogens is 1. The van der Waals surface area contributed by atoms with Crippen molar-refractivity contribution in [3.63, 3.8) is 0 Å². The summed E-state index contributed by atoms with van der Waals surface area (Å²) in [5.74, 6) is -1.01. The Morgan fingerprint density at radius 1 is 1.16 bits per heavy atom. The van der Waals surface area contributed by atoms with Crippen LogP contribution in [0.3, 0.4) is 0 Å². The number of hydrogen-bond acceptors (Lipinski definition) is 4. The van der Waals surface area contributed by atoms with Gasteiger partial charge in [-0.2, -0.15) is 0 Å². The molecule has 0 radical (unpaired) electrons. The van der Waals surface area contributed by atoms with Crippen molar-refractivity contribution in [2.24, 2.45) is 0 Å². The average molecular weight is 363 g/mol. The lowest BCUT2D eigenvalue weighted by Gasteiger charge is -2.13. The number of nitrogens with zero attached hydrogens (tertiary/aromatic N) is 1. The monoisotopic (exact) mass is 363 g/mol. The van der Waals surface area contributed by atoms with Crippen LogP contribution in [0.15, 0.2) is 24.4 Å². The highest BCUT2D eigenvalue weighted by molar-refractivity contribution is 7.13. The van der Waals surface area contributed by atoms with Gasteiger partial charge in [-0.15, -0.1) is 11.3 Å². The standard InChI is InChI=1S/C18H22FN3O2S/c1-11-5-6-12(9-13(11)19)15(23)20-7-8-21-16(24)14-10-22-17(25-14)18(2,3)4/h5-6,9-10H,7-8H2,1-4H3,(H,20,23)(H,21,24). The van der Waals surface area contributed by atoms with Gasteiger partial charge < -0.3 is 10.6 Å². The van der Waals surface area contributed by atoms with E-state index in [-0.39, 0.29) is 35.9 Å². The zero-order valence-corrected chi connectivity index (χ0v) is 15.6. The molecule has 2 N–H and O–H groups in total. The molecule has 2 aromatic rings. The Morgan fingerprint density at radius 3 is 2.36 bits per heavy atom. The van der Waals surface area contributed by atoms with E-state index in [1.807, 2.05) is 20.8 Å². The van der Waals surface area contributed by atoms with E-state index in [1.165, 1.54) is 17.4 Å². The van der Waals surface area contributed by atoms with E-state index in [1.54, 1.807) is 25.3 Å². The highest BCUT2D eigenvalue weighted by atomic mass is 32.1. The van der Waals surface area contributed by atoms with Gasteiger partial charge in [0.05, 0.1) is 11.2 Å². The largest absolute Gasteiger partial charge is 0.350 e. The molecule has 0 aliphatic rings. The molecule has 2 rings (SSSR count). The molecule has 0 unspecified atom stereocenters. The lowest BCUT2D eigenvalue weighted by Crippen LogP contribution is -2.34. The Hall–Kier alpha value is -2.28. The predicted molar refractivity (Wildman–Crippen MR) is 96.6 cm³/mol. The minimum Gasteiger partial charge on any atom is -0.350 e. The summed E-state index contributed by atoms with van der Waals surface area (Å²) in [6.07, 6.45) is 1.56. The van der Waals surface area contributed by atoms with Gasteiger partial charge in [0.1, 0.15) is 10.7 Å². The third-order valence-electron chi connectivity index (χ3n) is 3.50. The Balaban J connectivity index is 1.80. The molecular formula is C18H22FN3O2S. The number of rotatable bonds is 5. The van der Waals surface area contributed by atoms with E-state index in [0.717, 1.165) is 5.01 Å². The number of hydrogen-bond donors (Lipinski definition) is 2. The van der Waals surface area contributed by atoms with Crippen LogP contribution in [0.5, 0.6) is 0 Å². The molecule has 1 aromatic carbocycles. The number of nitrogens with one attached hydrogen (secondary N) is 2. The van der Waals surface area contributed by atoms with Gasteiger partial charge >= 0.3 is 0 Å². The van der Waals surface area contributed by atoms with Crippen molar-refractivity contribution in [2.45, 2.75) is 33.1 Å². The lowest BCUT2D eigenvalue weighted by atomic mass is 9.98. The summed E-state index contributed by atoms with van der Waals surface area (Å²) in [5.41, 5.74) is 0.648. The average Bonchev–Trinajstić information content (AvgIpc) is 3.04. The molecule has 0 fully saturated rings. The molecule has 0 spiro atoms. The highest BCUT2D eigenvalue weighted by Crippen LogP contribution is 2.26. The molecule has 134 valence electrons. The maximum absolute atomic E-state index is 13.5. The van der Waals surface area contributed by atoms with Gasteiger partial charge in [-0.3, -0.25) is 9.59 Å². The van der Waals surface area contributed by atoms with Crippen LogP contribution in [0.25, 0.3) is 0 Å². The summed E-state index contributed by atoms with van der Waals surface area (Å²) in [6.45, 7) is 8.29. The van der Waals surface area contributed by atoms with Crippen molar-refractivity contribution in [3.05, 3.63) is 51.2 Å². The third-order valence-corrected chi connectivity index (χ3v) is 4.92. The van der Waals surface area contributed by atoms with E-state index in [9.17, 15) is 14.0 Å². The van der Waals surface area contributed by atoms with Crippen molar-refractivity contribution in [1.82, 2.24) is 15.6 Å². The van der Waals surface area contributed by atoms with E-state index in [4.69, 9.17) is 0 Å². The van der Waals surface area contributed by atoms with Gasteiger partial charge in [-0.1, -0.05) is 26.8 Å². The Morgan fingerprint density at radius 2 is 1.80 bits per heavy atom. The van der Waals surface area contributed by atoms with Crippen molar-refractivity contribution >= 4 is 23.2 Å². The van der Waals surface area contributed by atoms with Crippen LogP contribution in [0.2, 0.25) is 0 Å². The normalized spacial score (nSPS) is 11.2. The molecule has 0 saturated heterocycles. The first kappa shape index (κ1) is 19.1. The molecule has 0 saturated carbocycles. The second kappa shape index (κ2) is 7.74. The molecule has 0 bridgehead atoms. The first-order valence-corrected chi connectivity index (χ1v) is 8.79. The van der Waals surface area contributed by atoms with E-state index < -0.39 is 5.82 Å². The van der Waals surface area contributed by atoms with Gasteiger partial charge in [0.15, 0.2) is 0 Å². The number of aryl methyl sites for hydroxylation is 1. The Labute approximate surface area is 150 Å². The quantitative estimate of drug-likeness (QED) is 0.802. The molecule has 7 heteroatoms. The molecule has 0 atom stereocenters. The summed E-state index contributed by atoms with van der Waals surface area (Å²) in [6, 6.07) is 4.33. The maximum atomic E-state index is 13.5. The second-order valence-corrected chi connectivity index (χ2v) is 7.79. The number of amides is 2. The van der Waals surface area contributed by atoms with Crippen LogP contribution in [0.1, 0.15) is 51.4 Å². The van der Waals surface area contributed by atoms with E-state index >= 15 is 0 Å². The molecule has 1 heterocycles. The van der Waals surface area contributed by atoms with Crippen LogP contribution < -0.4 is 10.6 Å². The number of carbonyl (C=O) groups excluding carboxylic acids is 2. The number of carbonyl (C=O) groups is 2. The molecule has 5 nitrogen and oxygen atoms in total. The first-order chi connectivity index (χ1) is 11.7. The van der Waals surface area contributed by atoms with Gasteiger partial charge in [0.2, 0.25) is 0 Å². The number of thiazole rings is 1. The molecule has 0 aliphatic heterocycles. The summed E-state index contributed by atoms with van der Waals surface area (Å²) in [7, 11) is 0. The minimum atomic E-state index is -0.416. The predicted octanol–water partition coefficient (Wildman–Crippen LogP) is 3.05. The zero-order valence-electron chi connectivity index (χ0n) is 14.8. The Bertz CT molecular complexity index is 781. The van der Waals surface area contributed by atoms with Gasteiger partial charge in [0, 0.05) is 24.1 Å². The Kier molecular flexibility index (Phi) is 5.89.